The van der Waals surface area contributed by atoms with Crippen molar-refractivity contribution in [2.75, 3.05) is 0 Å². The molecule has 2 rings (SSSR count). The molecule has 0 aliphatic rings. The first-order chi connectivity index (χ1) is 12.1. The van der Waals surface area contributed by atoms with Crippen molar-refractivity contribution < 1.29 is 18.0 Å². The number of carbonyl (C=O) groups is 1. The van der Waals surface area contributed by atoms with Gasteiger partial charge in [0.05, 0.1) is 11.6 Å². The molecule has 0 aliphatic heterocycles. The van der Waals surface area contributed by atoms with E-state index < -0.39 is 17.2 Å². The molecule has 0 aromatic heterocycles. The lowest BCUT2D eigenvalue weighted by Crippen LogP contribution is -2.37. The first-order valence-corrected chi connectivity index (χ1v) is 8.59. The van der Waals surface area contributed by atoms with Crippen molar-refractivity contribution in [1.82, 2.24) is 5.32 Å². The number of benzene rings is 2. The van der Waals surface area contributed by atoms with Gasteiger partial charge < -0.3 is 5.32 Å². The average Bonchev–Trinajstić information content (AvgIpc) is 2.58. The molecule has 0 aliphatic carbocycles. The first-order valence-electron chi connectivity index (χ1n) is 8.59. The summed E-state index contributed by atoms with van der Waals surface area (Å²) in [6.07, 6.45) is -3.04. The number of rotatable bonds is 5. The zero-order valence-corrected chi connectivity index (χ0v) is 15.2. The molecule has 26 heavy (non-hydrogen) atoms. The summed E-state index contributed by atoms with van der Waals surface area (Å²) in [6, 6.07) is 14.5. The Kier molecular flexibility index (Phi) is 6.11. The molecule has 140 valence electrons. The maximum Gasteiger partial charge on any atom is 0.416 e. The lowest BCUT2D eigenvalue weighted by atomic mass is 9.92. The van der Waals surface area contributed by atoms with Crippen molar-refractivity contribution in [3.63, 3.8) is 0 Å². The summed E-state index contributed by atoms with van der Waals surface area (Å²) in [4.78, 5) is 12.4. The predicted molar refractivity (Wildman–Crippen MR) is 96.5 cm³/mol. The lowest BCUT2D eigenvalue weighted by molar-refractivity contribution is -0.137. The van der Waals surface area contributed by atoms with Crippen LogP contribution in [-0.2, 0) is 17.4 Å². The van der Waals surface area contributed by atoms with Crippen molar-refractivity contribution in [2.24, 2.45) is 5.41 Å². The van der Waals surface area contributed by atoms with Crippen LogP contribution in [0.5, 0.6) is 0 Å². The third-order valence-corrected chi connectivity index (χ3v) is 4.19. The molecular weight excluding hydrogens is 339 g/mol. The maximum atomic E-state index is 12.8. The van der Waals surface area contributed by atoms with Gasteiger partial charge in [0.2, 0.25) is 5.91 Å². The summed E-state index contributed by atoms with van der Waals surface area (Å²) in [7, 11) is 0. The fourth-order valence-corrected chi connectivity index (χ4v) is 2.56. The zero-order chi connectivity index (χ0) is 19.4. The van der Waals surface area contributed by atoms with E-state index in [9.17, 15) is 18.0 Å². The van der Waals surface area contributed by atoms with Crippen LogP contribution in [0.4, 0.5) is 13.2 Å². The van der Waals surface area contributed by atoms with Gasteiger partial charge in [-0.1, -0.05) is 63.2 Å². The summed E-state index contributed by atoms with van der Waals surface area (Å²) in [6.45, 7) is 5.43. The Hall–Kier alpha value is -2.30. The first kappa shape index (κ1) is 20.0. The fourth-order valence-electron chi connectivity index (χ4n) is 2.56. The van der Waals surface area contributed by atoms with Crippen LogP contribution >= 0.6 is 0 Å². The zero-order valence-electron chi connectivity index (χ0n) is 15.2. The highest BCUT2D eigenvalue weighted by atomic mass is 19.4. The Bertz CT molecular complexity index is 716. The van der Waals surface area contributed by atoms with E-state index in [1.807, 2.05) is 51.1 Å². The minimum absolute atomic E-state index is 0.129. The minimum atomic E-state index is -4.37. The highest BCUT2D eigenvalue weighted by molar-refractivity contribution is 5.81. The Morgan fingerprint density at radius 3 is 2.04 bits per heavy atom. The molecule has 0 saturated heterocycles. The molecule has 2 aromatic rings. The highest BCUT2D eigenvalue weighted by Crippen LogP contribution is 2.31. The molecule has 0 heterocycles. The summed E-state index contributed by atoms with van der Waals surface area (Å²) in [5, 5.41) is 2.98. The van der Waals surface area contributed by atoms with Crippen LogP contribution in [0.25, 0.3) is 0 Å². The number of halogens is 3. The summed E-state index contributed by atoms with van der Waals surface area (Å²) >= 11 is 0. The monoisotopic (exact) mass is 363 g/mol. The van der Waals surface area contributed by atoms with Gasteiger partial charge in [-0.15, -0.1) is 0 Å². The SMILES string of the molecule is CC(C)(C)C(=O)NC(CCc1ccccc1)c1ccc(C(F)(F)F)cc1. The van der Waals surface area contributed by atoms with Crippen molar-refractivity contribution in [3.05, 3.63) is 71.3 Å². The minimum Gasteiger partial charge on any atom is -0.349 e. The van der Waals surface area contributed by atoms with E-state index in [0.717, 1.165) is 24.1 Å². The predicted octanol–water partition coefficient (Wildman–Crippen LogP) is 5.54. The van der Waals surface area contributed by atoms with Crippen LogP contribution in [0.1, 0.15) is 49.9 Å². The summed E-state index contributed by atoms with van der Waals surface area (Å²) in [5.41, 5.74) is 0.530. The second-order valence-corrected chi connectivity index (χ2v) is 7.42. The van der Waals surface area contributed by atoms with Gasteiger partial charge in [-0.05, 0) is 36.1 Å². The van der Waals surface area contributed by atoms with Gasteiger partial charge in [0.15, 0.2) is 0 Å². The molecule has 2 aromatic carbocycles. The molecule has 0 radical (unpaired) electrons. The van der Waals surface area contributed by atoms with Gasteiger partial charge >= 0.3 is 6.18 Å². The number of hydrogen-bond acceptors (Lipinski definition) is 1. The fraction of sp³-hybridized carbons (Fsp3) is 0.381. The molecule has 1 amide bonds. The average molecular weight is 363 g/mol. The van der Waals surface area contributed by atoms with Crippen LogP contribution in [0.2, 0.25) is 0 Å². The molecule has 2 nitrogen and oxygen atoms in total. The van der Waals surface area contributed by atoms with Gasteiger partial charge in [-0.3, -0.25) is 4.79 Å². The normalized spacial score (nSPS) is 13.3. The summed E-state index contributed by atoms with van der Waals surface area (Å²) in [5.74, 6) is -0.129. The van der Waals surface area contributed by atoms with Gasteiger partial charge in [-0.2, -0.15) is 13.2 Å². The molecular formula is C21H24F3NO. The number of aryl methyl sites for hydroxylation is 1. The molecule has 0 spiro atoms. The van der Waals surface area contributed by atoms with Gasteiger partial charge in [0.25, 0.3) is 0 Å². The Morgan fingerprint density at radius 2 is 1.54 bits per heavy atom. The van der Waals surface area contributed by atoms with Crippen LogP contribution in [0.15, 0.2) is 54.6 Å². The Morgan fingerprint density at radius 1 is 0.962 bits per heavy atom. The van der Waals surface area contributed by atoms with E-state index in [1.54, 1.807) is 0 Å². The Balaban J connectivity index is 2.20. The molecule has 0 fully saturated rings. The molecule has 5 heteroatoms. The van der Waals surface area contributed by atoms with Crippen molar-refractivity contribution in [1.29, 1.82) is 0 Å². The maximum absolute atomic E-state index is 12.8. The number of carbonyl (C=O) groups excluding carboxylic acids is 1. The van der Waals surface area contributed by atoms with Gasteiger partial charge in [0, 0.05) is 5.41 Å². The molecule has 0 saturated carbocycles. The van der Waals surface area contributed by atoms with E-state index >= 15 is 0 Å². The largest absolute Gasteiger partial charge is 0.416 e. The molecule has 1 atom stereocenters. The molecule has 1 unspecified atom stereocenters. The molecule has 1 N–H and O–H groups in total. The third kappa shape index (κ3) is 5.61. The number of hydrogen-bond donors (Lipinski definition) is 1. The molecule has 0 bridgehead atoms. The van der Waals surface area contributed by atoms with E-state index in [-0.39, 0.29) is 11.9 Å². The number of nitrogens with one attached hydrogen (secondary N) is 1. The van der Waals surface area contributed by atoms with E-state index in [2.05, 4.69) is 5.32 Å². The summed E-state index contributed by atoms with van der Waals surface area (Å²) < 4.78 is 38.4. The third-order valence-electron chi connectivity index (χ3n) is 4.19. The van der Waals surface area contributed by atoms with E-state index in [4.69, 9.17) is 0 Å². The second kappa shape index (κ2) is 7.94. The Labute approximate surface area is 152 Å². The van der Waals surface area contributed by atoms with Crippen molar-refractivity contribution in [3.8, 4) is 0 Å². The number of alkyl halides is 3. The smallest absolute Gasteiger partial charge is 0.349 e. The topological polar surface area (TPSA) is 29.1 Å². The van der Waals surface area contributed by atoms with Crippen LogP contribution < -0.4 is 5.32 Å². The van der Waals surface area contributed by atoms with Crippen LogP contribution in [-0.4, -0.2) is 5.91 Å². The van der Waals surface area contributed by atoms with E-state index in [1.165, 1.54) is 12.1 Å². The van der Waals surface area contributed by atoms with Gasteiger partial charge in [-0.25, -0.2) is 0 Å². The van der Waals surface area contributed by atoms with Gasteiger partial charge in [0.1, 0.15) is 0 Å². The van der Waals surface area contributed by atoms with Crippen LogP contribution in [0, 0.1) is 5.41 Å². The number of amides is 1. The standard InChI is InChI=1S/C21H24F3NO/c1-20(2,3)19(26)25-18(14-9-15-7-5-4-6-8-15)16-10-12-17(13-11-16)21(22,23)24/h4-8,10-13,18H,9,14H2,1-3H3,(H,25,26). The van der Waals surface area contributed by atoms with Crippen molar-refractivity contribution >= 4 is 5.91 Å². The quantitative estimate of drug-likeness (QED) is 0.742. The lowest BCUT2D eigenvalue weighted by Gasteiger charge is -2.25. The van der Waals surface area contributed by atoms with Crippen LogP contribution in [0.3, 0.4) is 0 Å². The highest BCUT2D eigenvalue weighted by Gasteiger charge is 2.30. The van der Waals surface area contributed by atoms with E-state index in [0.29, 0.717) is 12.0 Å². The van der Waals surface area contributed by atoms with Crippen molar-refractivity contribution in [2.45, 2.75) is 45.8 Å². The second-order valence-electron chi connectivity index (χ2n) is 7.42.